The van der Waals surface area contributed by atoms with Crippen molar-refractivity contribution >= 4 is 16.9 Å². The van der Waals surface area contributed by atoms with Crippen LogP contribution in [0.15, 0.2) is 49.1 Å². The van der Waals surface area contributed by atoms with Crippen LogP contribution in [0.4, 0.5) is 0 Å². The van der Waals surface area contributed by atoms with Crippen LogP contribution in [0.1, 0.15) is 28.5 Å². The lowest BCUT2D eigenvalue weighted by molar-refractivity contribution is 0.0328. The van der Waals surface area contributed by atoms with E-state index in [1.165, 1.54) is 0 Å². The molecule has 3 aromatic heterocycles. The Bertz CT molecular complexity index is 1330. The summed E-state index contributed by atoms with van der Waals surface area (Å²) in [4.78, 5) is 19.9. The topological polar surface area (TPSA) is 94.6 Å². The number of ether oxygens (including phenoxy) is 2. The first kappa shape index (κ1) is 23.1. The van der Waals surface area contributed by atoms with Crippen molar-refractivity contribution in [2.45, 2.75) is 20.0 Å². The lowest BCUT2D eigenvalue weighted by atomic mass is 9.96. The first-order valence-electron chi connectivity index (χ1n) is 11.8. The second kappa shape index (κ2) is 9.89. The standard InChI is InChI=1S/C26H29N5O4/c1-3-35-26(33)24-22(17-30-10-12-34-13-11-30)29(2)21-14-19(18-6-4-7-27-15-18)25(32)20(23(21)24)16-31-9-5-8-28-31/h4-9,14-15,32H,3,10-13,16-17H2,1-2H3. The minimum absolute atomic E-state index is 0.107. The predicted molar refractivity (Wildman–Crippen MR) is 131 cm³/mol. The summed E-state index contributed by atoms with van der Waals surface area (Å²) in [6.07, 6.45) is 6.96. The molecule has 1 aliphatic rings. The molecular formula is C26H29N5O4. The molecule has 1 N–H and O–H groups in total. The first-order chi connectivity index (χ1) is 17.1. The highest BCUT2D eigenvalue weighted by Crippen LogP contribution is 2.41. The van der Waals surface area contributed by atoms with E-state index in [1.54, 1.807) is 30.2 Å². The molecule has 1 aliphatic heterocycles. The molecule has 1 saturated heterocycles. The Kier molecular flexibility index (Phi) is 6.52. The van der Waals surface area contributed by atoms with Crippen LogP contribution in [0.5, 0.6) is 5.75 Å². The monoisotopic (exact) mass is 475 g/mol. The molecule has 1 aromatic carbocycles. The van der Waals surface area contributed by atoms with Gasteiger partial charge in [-0.1, -0.05) is 6.07 Å². The molecule has 9 nitrogen and oxygen atoms in total. The summed E-state index contributed by atoms with van der Waals surface area (Å²) in [5, 5.41) is 16.6. The van der Waals surface area contributed by atoms with Crippen LogP contribution < -0.4 is 0 Å². The summed E-state index contributed by atoms with van der Waals surface area (Å²) in [5.74, 6) is -0.285. The highest BCUT2D eigenvalue weighted by atomic mass is 16.5. The van der Waals surface area contributed by atoms with E-state index < -0.39 is 5.97 Å². The lowest BCUT2D eigenvalue weighted by Crippen LogP contribution is -2.36. The number of pyridine rings is 1. The number of hydrogen-bond acceptors (Lipinski definition) is 7. The Morgan fingerprint density at radius 1 is 1.20 bits per heavy atom. The smallest absolute Gasteiger partial charge is 0.340 e. The predicted octanol–water partition coefficient (Wildman–Crippen LogP) is 3.20. The molecule has 0 bridgehead atoms. The molecule has 4 aromatic rings. The Balaban J connectivity index is 1.78. The number of carbonyl (C=O) groups excluding carboxylic acids is 1. The third kappa shape index (κ3) is 4.40. The van der Waals surface area contributed by atoms with Gasteiger partial charge < -0.3 is 19.1 Å². The van der Waals surface area contributed by atoms with E-state index in [2.05, 4.69) is 15.0 Å². The van der Waals surface area contributed by atoms with Crippen molar-refractivity contribution in [2.75, 3.05) is 32.9 Å². The van der Waals surface area contributed by atoms with Crippen LogP contribution in [0.2, 0.25) is 0 Å². The van der Waals surface area contributed by atoms with Crippen molar-refractivity contribution in [1.82, 2.24) is 24.2 Å². The van der Waals surface area contributed by atoms with Gasteiger partial charge >= 0.3 is 5.97 Å². The highest BCUT2D eigenvalue weighted by molar-refractivity contribution is 6.09. The molecular weight excluding hydrogens is 446 g/mol. The molecule has 5 rings (SSSR count). The van der Waals surface area contributed by atoms with E-state index in [9.17, 15) is 9.90 Å². The van der Waals surface area contributed by atoms with Crippen molar-refractivity contribution in [3.05, 3.63) is 65.9 Å². The van der Waals surface area contributed by atoms with Gasteiger partial charge in [-0.15, -0.1) is 0 Å². The molecule has 0 radical (unpaired) electrons. The number of aromatic hydroxyl groups is 1. The van der Waals surface area contributed by atoms with E-state index >= 15 is 0 Å². The van der Waals surface area contributed by atoms with Crippen LogP contribution in [-0.4, -0.2) is 68.2 Å². The third-order valence-corrected chi connectivity index (χ3v) is 6.49. The molecule has 0 unspecified atom stereocenters. The molecule has 35 heavy (non-hydrogen) atoms. The number of hydrogen-bond donors (Lipinski definition) is 1. The molecule has 0 amide bonds. The fourth-order valence-corrected chi connectivity index (χ4v) is 4.75. The second-order valence-electron chi connectivity index (χ2n) is 8.58. The van der Waals surface area contributed by atoms with Gasteiger partial charge in [0.2, 0.25) is 0 Å². The maximum Gasteiger partial charge on any atom is 0.340 e. The maximum atomic E-state index is 13.4. The zero-order valence-electron chi connectivity index (χ0n) is 20.0. The van der Waals surface area contributed by atoms with Crippen LogP contribution >= 0.6 is 0 Å². The summed E-state index contributed by atoms with van der Waals surface area (Å²) in [6, 6.07) is 7.51. The van der Waals surface area contributed by atoms with E-state index in [0.29, 0.717) is 48.4 Å². The summed E-state index contributed by atoms with van der Waals surface area (Å²) in [5.41, 5.74) is 4.26. The van der Waals surface area contributed by atoms with Gasteiger partial charge in [0, 0.05) is 79.2 Å². The van der Waals surface area contributed by atoms with Gasteiger partial charge in [-0.05, 0) is 25.1 Å². The van der Waals surface area contributed by atoms with Gasteiger partial charge in [-0.3, -0.25) is 14.6 Å². The largest absolute Gasteiger partial charge is 0.507 e. The number of esters is 1. The van der Waals surface area contributed by atoms with Crippen molar-refractivity contribution in [2.24, 2.45) is 7.05 Å². The van der Waals surface area contributed by atoms with E-state index in [-0.39, 0.29) is 12.4 Å². The van der Waals surface area contributed by atoms with Gasteiger partial charge in [0.25, 0.3) is 0 Å². The normalized spacial score (nSPS) is 14.5. The molecule has 182 valence electrons. The van der Waals surface area contributed by atoms with Crippen LogP contribution in [-0.2, 0) is 29.6 Å². The third-order valence-electron chi connectivity index (χ3n) is 6.49. The number of nitrogens with zero attached hydrogens (tertiary/aromatic N) is 5. The molecule has 9 heteroatoms. The Morgan fingerprint density at radius 2 is 2.03 bits per heavy atom. The molecule has 0 saturated carbocycles. The fourth-order valence-electron chi connectivity index (χ4n) is 4.75. The summed E-state index contributed by atoms with van der Waals surface area (Å²) in [7, 11) is 1.96. The number of aromatic nitrogens is 4. The molecule has 0 atom stereocenters. The number of phenols is 1. The fraction of sp³-hybridized carbons (Fsp3) is 0.346. The number of phenolic OH excluding ortho intramolecular Hbond substituents is 1. The number of carbonyl (C=O) groups is 1. The molecule has 0 spiro atoms. The number of rotatable bonds is 7. The number of benzene rings is 1. The SMILES string of the molecule is CCOC(=O)c1c(CN2CCOCC2)n(C)c2cc(-c3cccnc3)c(O)c(Cn3cccn3)c12. The zero-order chi connectivity index (χ0) is 24.4. The van der Waals surface area contributed by atoms with Crippen LogP contribution in [0.25, 0.3) is 22.0 Å². The highest BCUT2D eigenvalue weighted by Gasteiger charge is 2.29. The van der Waals surface area contributed by atoms with Gasteiger partial charge in [0.1, 0.15) is 5.75 Å². The molecule has 1 fully saturated rings. The zero-order valence-corrected chi connectivity index (χ0v) is 20.0. The molecule has 0 aliphatic carbocycles. The van der Waals surface area contributed by atoms with Crippen molar-refractivity contribution in [3.63, 3.8) is 0 Å². The van der Waals surface area contributed by atoms with Gasteiger partial charge in [-0.2, -0.15) is 5.10 Å². The van der Waals surface area contributed by atoms with E-state index in [1.807, 2.05) is 42.1 Å². The first-order valence-corrected chi connectivity index (χ1v) is 11.8. The quantitative estimate of drug-likeness (QED) is 0.410. The lowest BCUT2D eigenvalue weighted by Gasteiger charge is -2.27. The van der Waals surface area contributed by atoms with Crippen molar-refractivity contribution < 1.29 is 19.4 Å². The van der Waals surface area contributed by atoms with Gasteiger partial charge in [0.05, 0.1) is 37.4 Å². The minimum Gasteiger partial charge on any atom is -0.507 e. The minimum atomic E-state index is -0.392. The average Bonchev–Trinajstić information content (AvgIpc) is 3.48. The van der Waals surface area contributed by atoms with Gasteiger partial charge in [-0.25, -0.2) is 4.79 Å². The van der Waals surface area contributed by atoms with Crippen LogP contribution in [0, 0.1) is 0 Å². The van der Waals surface area contributed by atoms with Crippen LogP contribution in [0.3, 0.4) is 0 Å². The number of fused-ring (bicyclic) bond motifs is 1. The number of aryl methyl sites for hydroxylation is 1. The summed E-state index contributed by atoms with van der Waals surface area (Å²) in [6.45, 7) is 5.84. The Hall–Kier alpha value is -3.69. The summed E-state index contributed by atoms with van der Waals surface area (Å²) < 4.78 is 14.8. The van der Waals surface area contributed by atoms with Crippen molar-refractivity contribution in [1.29, 1.82) is 0 Å². The summed E-state index contributed by atoms with van der Waals surface area (Å²) >= 11 is 0. The Morgan fingerprint density at radius 3 is 2.71 bits per heavy atom. The maximum absolute atomic E-state index is 13.4. The number of morpholine rings is 1. The Labute approximate surface area is 203 Å². The average molecular weight is 476 g/mol. The van der Waals surface area contributed by atoms with E-state index in [0.717, 1.165) is 29.9 Å². The van der Waals surface area contributed by atoms with Gasteiger partial charge in [0.15, 0.2) is 0 Å². The molecule has 4 heterocycles. The second-order valence-corrected chi connectivity index (χ2v) is 8.58. The van der Waals surface area contributed by atoms with Crippen molar-refractivity contribution in [3.8, 4) is 16.9 Å². The van der Waals surface area contributed by atoms with E-state index in [4.69, 9.17) is 9.47 Å².